The number of fused-ring (bicyclic) bond motifs is 1. The van der Waals surface area contributed by atoms with Gasteiger partial charge in [0.2, 0.25) is 5.91 Å². The molecule has 0 bridgehead atoms. The first-order chi connectivity index (χ1) is 14.5. The third kappa shape index (κ3) is 5.81. The van der Waals surface area contributed by atoms with Crippen molar-refractivity contribution in [2.24, 2.45) is 0 Å². The predicted octanol–water partition coefficient (Wildman–Crippen LogP) is 3.29. The minimum Gasteiger partial charge on any atom is -0.383 e. The van der Waals surface area contributed by atoms with E-state index in [1.54, 1.807) is 37.4 Å². The van der Waals surface area contributed by atoms with Crippen LogP contribution in [-0.4, -0.2) is 41.5 Å². The highest BCUT2D eigenvalue weighted by Gasteiger charge is 2.13. The molecule has 3 rings (SSSR count). The third-order valence-corrected chi connectivity index (χ3v) is 5.59. The molecule has 1 N–H and O–H groups in total. The van der Waals surface area contributed by atoms with Gasteiger partial charge in [-0.15, -0.1) is 0 Å². The standard InChI is InChI=1S/C21H21ClFN3O3S/c1-29-11-10-26-20(28)17-7-4-15(22)12-18(17)25-21(26)30-13-19(27)24-9-8-14-2-5-16(23)6-3-14/h2-7,12H,8-11,13H2,1H3,(H,24,27). The molecule has 2 aromatic carbocycles. The number of halogens is 2. The molecule has 158 valence electrons. The third-order valence-electron chi connectivity index (χ3n) is 4.38. The first kappa shape index (κ1) is 22.3. The van der Waals surface area contributed by atoms with Crippen LogP contribution in [0.25, 0.3) is 10.9 Å². The lowest BCUT2D eigenvalue weighted by Crippen LogP contribution is -2.29. The Morgan fingerprint density at radius 2 is 2.03 bits per heavy atom. The predicted molar refractivity (Wildman–Crippen MR) is 117 cm³/mol. The van der Waals surface area contributed by atoms with Crippen LogP contribution in [0.15, 0.2) is 52.4 Å². The average molecular weight is 450 g/mol. The van der Waals surface area contributed by atoms with Crippen molar-refractivity contribution < 1.29 is 13.9 Å². The highest BCUT2D eigenvalue weighted by Crippen LogP contribution is 2.20. The molecule has 1 amide bonds. The first-order valence-electron chi connectivity index (χ1n) is 9.31. The number of nitrogens with zero attached hydrogens (tertiary/aromatic N) is 2. The number of rotatable bonds is 9. The van der Waals surface area contributed by atoms with Gasteiger partial charge in [-0.25, -0.2) is 9.37 Å². The first-order valence-corrected chi connectivity index (χ1v) is 10.7. The number of amides is 1. The Bertz CT molecular complexity index is 1090. The van der Waals surface area contributed by atoms with Crippen LogP contribution < -0.4 is 10.9 Å². The van der Waals surface area contributed by atoms with Crippen molar-refractivity contribution >= 4 is 40.2 Å². The maximum Gasteiger partial charge on any atom is 0.262 e. The number of carbonyl (C=O) groups excluding carboxylic acids is 1. The van der Waals surface area contributed by atoms with Gasteiger partial charge < -0.3 is 10.1 Å². The summed E-state index contributed by atoms with van der Waals surface area (Å²) < 4.78 is 19.5. The van der Waals surface area contributed by atoms with Gasteiger partial charge in [-0.3, -0.25) is 14.2 Å². The summed E-state index contributed by atoms with van der Waals surface area (Å²) in [6.07, 6.45) is 0.599. The Balaban J connectivity index is 1.66. The highest BCUT2D eigenvalue weighted by atomic mass is 35.5. The molecule has 0 spiro atoms. The van der Waals surface area contributed by atoms with Gasteiger partial charge in [0.15, 0.2) is 5.16 Å². The number of methoxy groups -OCH3 is 1. The van der Waals surface area contributed by atoms with E-state index in [4.69, 9.17) is 16.3 Å². The molecule has 0 unspecified atom stereocenters. The largest absolute Gasteiger partial charge is 0.383 e. The van der Waals surface area contributed by atoms with Crippen molar-refractivity contribution in [3.8, 4) is 0 Å². The quantitative estimate of drug-likeness (QED) is 0.401. The molecular formula is C21H21ClFN3O3S. The van der Waals surface area contributed by atoms with E-state index >= 15 is 0 Å². The van der Waals surface area contributed by atoms with Gasteiger partial charge in [0.1, 0.15) is 5.82 Å². The van der Waals surface area contributed by atoms with E-state index in [0.29, 0.717) is 47.2 Å². The van der Waals surface area contributed by atoms with E-state index in [2.05, 4.69) is 10.3 Å². The summed E-state index contributed by atoms with van der Waals surface area (Å²) in [5.41, 5.74) is 1.22. The number of aromatic nitrogens is 2. The molecule has 0 saturated heterocycles. The summed E-state index contributed by atoms with van der Waals surface area (Å²) in [6.45, 7) is 1.11. The van der Waals surface area contributed by atoms with Gasteiger partial charge in [-0.05, 0) is 42.3 Å². The van der Waals surface area contributed by atoms with E-state index < -0.39 is 0 Å². The van der Waals surface area contributed by atoms with E-state index in [1.165, 1.54) is 28.5 Å². The van der Waals surface area contributed by atoms with Crippen LogP contribution in [0.2, 0.25) is 5.02 Å². The maximum absolute atomic E-state index is 12.9. The molecule has 0 saturated carbocycles. The second kappa shape index (κ2) is 10.6. The van der Waals surface area contributed by atoms with Crippen molar-refractivity contribution in [1.29, 1.82) is 0 Å². The maximum atomic E-state index is 12.9. The van der Waals surface area contributed by atoms with Crippen molar-refractivity contribution in [2.75, 3.05) is 26.0 Å². The zero-order chi connectivity index (χ0) is 21.5. The molecule has 0 aliphatic heterocycles. The average Bonchev–Trinajstić information content (AvgIpc) is 2.73. The SMILES string of the molecule is COCCn1c(SCC(=O)NCCc2ccc(F)cc2)nc2cc(Cl)ccc2c1=O. The zero-order valence-electron chi connectivity index (χ0n) is 16.4. The molecule has 0 fully saturated rings. The Labute approximate surface area is 182 Å². The van der Waals surface area contributed by atoms with Gasteiger partial charge in [0, 0.05) is 18.7 Å². The lowest BCUT2D eigenvalue weighted by Gasteiger charge is -2.13. The molecule has 1 aromatic heterocycles. The van der Waals surface area contributed by atoms with Crippen molar-refractivity contribution in [1.82, 2.24) is 14.9 Å². The summed E-state index contributed by atoms with van der Waals surface area (Å²) >= 11 is 7.21. The van der Waals surface area contributed by atoms with Crippen LogP contribution in [0.3, 0.4) is 0 Å². The van der Waals surface area contributed by atoms with Crippen molar-refractivity contribution in [2.45, 2.75) is 18.1 Å². The topological polar surface area (TPSA) is 73.2 Å². The molecule has 0 aliphatic rings. The Morgan fingerprint density at radius 3 is 2.77 bits per heavy atom. The molecule has 30 heavy (non-hydrogen) atoms. The highest BCUT2D eigenvalue weighted by molar-refractivity contribution is 7.99. The zero-order valence-corrected chi connectivity index (χ0v) is 17.9. The Kier molecular flexibility index (Phi) is 7.84. The molecule has 0 aliphatic carbocycles. The monoisotopic (exact) mass is 449 g/mol. The van der Waals surface area contributed by atoms with E-state index in [-0.39, 0.29) is 23.0 Å². The Morgan fingerprint density at radius 1 is 1.27 bits per heavy atom. The number of hydrogen-bond donors (Lipinski definition) is 1. The van der Waals surface area contributed by atoms with Crippen LogP contribution in [0.5, 0.6) is 0 Å². The molecule has 1 heterocycles. The summed E-state index contributed by atoms with van der Waals surface area (Å²) in [5, 5.41) is 4.20. The second-order valence-electron chi connectivity index (χ2n) is 6.52. The Hall–Kier alpha value is -2.42. The van der Waals surface area contributed by atoms with E-state index in [0.717, 1.165) is 5.56 Å². The number of ether oxygens (including phenoxy) is 1. The fourth-order valence-corrected chi connectivity index (χ4v) is 3.86. The molecule has 9 heteroatoms. The lowest BCUT2D eigenvalue weighted by atomic mass is 10.1. The van der Waals surface area contributed by atoms with Crippen LogP contribution in [-0.2, 0) is 22.5 Å². The minimum absolute atomic E-state index is 0.106. The van der Waals surface area contributed by atoms with Crippen molar-refractivity contribution in [3.63, 3.8) is 0 Å². The van der Waals surface area contributed by atoms with E-state index in [9.17, 15) is 14.0 Å². The summed E-state index contributed by atoms with van der Waals surface area (Å²) in [5.74, 6) is -0.363. The number of thioether (sulfide) groups is 1. The molecule has 6 nitrogen and oxygen atoms in total. The smallest absolute Gasteiger partial charge is 0.262 e. The van der Waals surface area contributed by atoms with Crippen LogP contribution in [0.4, 0.5) is 4.39 Å². The molecule has 0 atom stereocenters. The second-order valence-corrected chi connectivity index (χ2v) is 7.90. The number of carbonyl (C=O) groups is 1. The summed E-state index contributed by atoms with van der Waals surface area (Å²) in [7, 11) is 1.56. The fraction of sp³-hybridized carbons (Fsp3) is 0.286. The van der Waals surface area contributed by atoms with Crippen molar-refractivity contribution in [3.05, 3.63) is 69.2 Å². The number of nitrogens with one attached hydrogen (secondary N) is 1. The van der Waals surface area contributed by atoms with Gasteiger partial charge in [-0.1, -0.05) is 35.5 Å². The summed E-state index contributed by atoms with van der Waals surface area (Å²) in [4.78, 5) is 29.6. The lowest BCUT2D eigenvalue weighted by molar-refractivity contribution is -0.118. The molecule has 3 aromatic rings. The van der Waals surface area contributed by atoms with Crippen LogP contribution >= 0.6 is 23.4 Å². The van der Waals surface area contributed by atoms with Gasteiger partial charge in [-0.2, -0.15) is 0 Å². The number of benzene rings is 2. The van der Waals surface area contributed by atoms with Crippen LogP contribution in [0, 0.1) is 5.82 Å². The fourth-order valence-electron chi connectivity index (χ4n) is 2.84. The van der Waals surface area contributed by atoms with Gasteiger partial charge >= 0.3 is 0 Å². The van der Waals surface area contributed by atoms with Gasteiger partial charge in [0.25, 0.3) is 5.56 Å². The molecular weight excluding hydrogens is 429 g/mol. The van der Waals surface area contributed by atoms with Crippen LogP contribution in [0.1, 0.15) is 5.56 Å². The molecule has 0 radical (unpaired) electrons. The summed E-state index contributed by atoms with van der Waals surface area (Å²) in [6, 6.07) is 11.1. The number of hydrogen-bond acceptors (Lipinski definition) is 5. The van der Waals surface area contributed by atoms with E-state index in [1.807, 2.05) is 0 Å². The van der Waals surface area contributed by atoms with Gasteiger partial charge in [0.05, 0.1) is 29.8 Å². The minimum atomic E-state index is -0.289. The normalized spacial score (nSPS) is 11.0.